The van der Waals surface area contributed by atoms with Crippen molar-refractivity contribution in [3.8, 4) is 0 Å². The summed E-state index contributed by atoms with van der Waals surface area (Å²) in [6.45, 7) is 3.10. The molecule has 0 radical (unpaired) electrons. The van der Waals surface area contributed by atoms with Crippen molar-refractivity contribution in [2.24, 2.45) is 0 Å². The summed E-state index contributed by atoms with van der Waals surface area (Å²) >= 11 is 0. The largest absolute Gasteiger partial charge is 0.337 e. The summed E-state index contributed by atoms with van der Waals surface area (Å²) in [5, 5.41) is 2.27. The summed E-state index contributed by atoms with van der Waals surface area (Å²) in [7, 11) is 0. The van der Waals surface area contributed by atoms with E-state index in [0.29, 0.717) is 6.04 Å². The van der Waals surface area contributed by atoms with Gasteiger partial charge in [0.1, 0.15) is 0 Å². The summed E-state index contributed by atoms with van der Waals surface area (Å²) < 4.78 is 2.47. The van der Waals surface area contributed by atoms with Crippen LogP contribution in [0.1, 0.15) is 34.8 Å². The van der Waals surface area contributed by atoms with E-state index in [1.165, 1.54) is 22.0 Å². The maximum atomic E-state index is 11.6. The van der Waals surface area contributed by atoms with Crippen LogP contribution in [-0.2, 0) is 6.54 Å². The number of piperidine rings is 1. The Morgan fingerprint density at radius 2 is 1.79 bits per heavy atom. The van der Waals surface area contributed by atoms with E-state index in [0.717, 1.165) is 49.7 Å². The third-order valence-corrected chi connectivity index (χ3v) is 5.95. The molecule has 0 bridgehead atoms. The SMILES string of the molecule is O=Cc1cccc2c1c1ccccc1n2C1CCN(Cc2cccnc2)CC1. The van der Waals surface area contributed by atoms with Gasteiger partial charge in [-0.1, -0.05) is 36.4 Å². The highest BCUT2D eigenvalue weighted by Gasteiger charge is 2.24. The molecule has 1 fully saturated rings. The van der Waals surface area contributed by atoms with Gasteiger partial charge in [0.2, 0.25) is 0 Å². The number of rotatable bonds is 4. The molecule has 4 aromatic rings. The normalized spacial score (nSPS) is 16.0. The molecule has 2 aromatic heterocycles. The van der Waals surface area contributed by atoms with E-state index in [2.05, 4.69) is 50.8 Å². The van der Waals surface area contributed by atoms with Crippen LogP contribution in [0.5, 0.6) is 0 Å². The number of likely N-dealkylation sites (tertiary alicyclic amines) is 1. The molecule has 0 amide bonds. The Labute approximate surface area is 164 Å². The number of hydrogen-bond donors (Lipinski definition) is 0. The predicted molar refractivity (Wildman–Crippen MR) is 113 cm³/mol. The van der Waals surface area contributed by atoms with Crippen molar-refractivity contribution in [1.82, 2.24) is 14.5 Å². The second-order valence-corrected chi connectivity index (χ2v) is 7.61. The maximum Gasteiger partial charge on any atom is 0.150 e. The van der Waals surface area contributed by atoms with E-state index in [4.69, 9.17) is 0 Å². The van der Waals surface area contributed by atoms with Crippen LogP contribution in [-0.4, -0.2) is 33.8 Å². The Hall–Kier alpha value is -2.98. The van der Waals surface area contributed by atoms with Crippen LogP contribution in [0.2, 0.25) is 0 Å². The van der Waals surface area contributed by atoms with Crippen LogP contribution in [0, 0.1) is 0 Å². The minimum absolute atomic E-state index is 0.453. The van der Waals surface area contributed by atoms with Crippen molar-refractivity contribution in [2.75, 3.05) is 13.1 Å². The molecule has 1 aliphatic heterocycles. The molecule has 4 nitrogen and oxygen atoms in total. The Morgan fingerprint density at radius 1 is 0.964 bits per heavy atom. The van der Waals surface area contributed by atoms with E-state index in [1.54, 1.807) is 0 Å². The molecule has 0 atom stereocenters. The molecular formula is C24H23N3O. The fourth-order valence-electron chi connectivity index (χ4n) is 4.65. The summed E-state index contributed by atoms with van der Waals surface area (Å²) in [5.74, 6) is 0. The van der Waals surface area contributed by atoms with Crippen LogP contribution in [0.4, 0.5) is 0 Å². The molecule has 140 valence electrons. The number of carbonyl (C=O) groups is 1. The van der Waals surface area contributed by atoms with E-state index in [-0.39, 0.29) is 0 Å². The third-order valence-electron chi connectivity index (χ3n) is 5.95. The summed E-state index contributed by atoms with van der Waals surface area (Å²) in [6, 6.07) is 19.2. The van der Waals surface area contributed by atoms with Crippen LogP contribution < -0.4 is 0 Å². The quantitative estimate of drug-likeness (QED) is 0.483. The number of carbonyl (C=O) groups excluding carboxylic acids is 1. The van der Waals surface area contributed by atoms with Gasteiger partial charge in [-0.2, -0.15) is 0 Å². The van der Waals surface area contributed by atoms with Gasteiger partial charge >= 0.3 is 0 Å². The second-order valence-electron chi connectivity index (χ2n) is 7.61. The number of para-hydroxylation sites is 1. The molecule has 4 heteroatoms. The van der Waals surface area contributed by atoms with E-state index >= 15 is 0 Å². The lowest BCUT2D eigenvalue weighted by atomic mass is 10.0. The van der Waals surface area contributed by atoms with Gasteiger partial charge in [0.25, 0.3) is 0 Å². The number of pyridine rings is 1. The topological polar surface area (TPSA) is 38.1 Å². The van der Waals surface area contributed by atoms with Crippen molar-refractivity contribution in [1.29, 1.82) is 0 Å². The number of hydrogen-bond acceptors (Lipinski definition) is 3. The molecule has 2 aromatic carbocycles. The monoisotopic (exact) mass is 369 g/mol. The van der Waals surface area contributed by atoms with Gasteiger partial charge in [0.05, 0.1) is 5.52 Å². The van der Waals surface area contributed by atoms with Crippen molar-refractivity contribution in [3.05, 3.63) is 78.1 Å². The zero-order valence-corrected chi connectivity index (χ0v) is 15.8. The van der Waals surface area contributed by atoms with Crippen molar-refractivity contribution in [3.63, 3.8) is 0 Å². The molecule has 0 aliphatic carbocycles. The fraction of sp³-hybridized carbons (Fsp3) is 0.250. The summed E-state index contributed by atoms with van der Waals surface area (Å²) in [4.78, 5) is 18.4. The minimum Gasteiger partial charge on any atom is -0.337 e. The summed E-state index contributed by atoms with van der Waals surface area (Å²) in [5.41, 5.74) is 4.46. The van der Waals surface area contributed by atoms with Gasteiger partial charge in [0.15, 0.2) is 6.29 Å². The first kappa shape index (κ1) is 17.1. The molecule has 28 heavy (non-hydrogen) atoms. The highest BCUT2D eigenvalue weighted by molar-refractivity contribution is 6.14. The van der Waals surface area contributed by atoms with E-state index < -0.39 is 0 Å². The third kappa shape index (κ3) is 2.90. The first-order valence-electron chi connectivity index (χ1n) is 9.93. The van der Waals surface area contributed by atoms with Crippen LogP contribution in [0.25, 0.3) is 21.8 Å². The zero-order chi connectivity index (χ0) is 18.9. The van der Waals surface area contributed by atoms with Gasteiger partial charge in [-0.15, -0.1) is 0 Å². The van der Waals surface area contributed by atoms with E-state index in [1.807, 2.05) is 30.6 Å². The highest BCUT2D eigenvalue weighted by atomic mass is 16.1. The van der Waals surface area contributed by atoms with Gasteiger partial charge < -0.3 is 4.57 Å². The van der Waals surface area contributed by atoms with Crippen LogP contribution in [0.15, 0.2) is 67.0 Å². The summed E-state index contributed by atoms with van der Waals surface area (Å²) in [6.07, 6.45) is 6.99. The molecule has 0 saturated carbocycles. The molecular weight excluding hydrogens is 346 g/mol. The van der Waals surface area contributed by atoms with Gasteiger partial charge in [-0.25, -0.2) is 0 Å². The molecule has 0 N–H and O–H groups in total. The molecule has 1 saturated heterocycles. The second kappa shape index (κ2) is 7.21. The van der Waals surface area contributed by atoms with E-state index in [9.17, 15) is 4.79 Å². The van der Waals surface area contributed by atoms with Crippen molar-refractivity contribution < 1.29 is 4.79 Å². The number of benzene rings is 2. The number of fused-ring (bicyclic) bond motifs is 3. The number of aldehydes is 1. The predicted octanol–water partition coefficient (Wildman–Crippen LogP) is 4.84. The standard InChI is InChI=1S/C24H23N3O/c28-17-19-6-3-9-23-24(19)21-7-1-2-8-22(21)27(23)20-10-13-26(14-11-20)16-18-5-4-12-25-15-18/h1-9,12,15,17,20H,10-11,13-14,16H2. The highest BCUT2D eigenvalue weighted by Crippen LogP contribution is 2.36. The fourth-order valence-corrected chi connectivity index (χ4v) is 4.65. The average Bonchev–Trinajstić information content (AvgIpc) is 3.10. The Balaban J connectivity index is 1.48. The lowest BCUT2D eigenvalue weighted by molar-refractivity contribution is 0.112. The first-order valence-corrected chi connectivity index (χ1v) is 9.93. The molecule has 0 spiro atoms. The lowest BCUT2D eigenvalue weighted by Gasteiger charge is -2.33. The minimum atomic E-state index is 0.453. The van der Waals surface area contributed by atoms with Gasteiger partial charge in [-0.3, -0.25) is 14.7 Å². The Kier molecular flexibility index (Phi) is 4.41. The van der Waals surface area contributed by atoms with Crippen LogP contribution in [0.3, 0.4) is 0 Å². The molecule has 5 rings (SSSR count). The smallest absolute Gasteiger partial charge is 0.150 e. The number of aromatic nitrogens is 2. The molecule has 0 unspecified atom stereocenters. The Bertz CT molecular complexity index is 1120. The van der Waals surface area contributed by atoms with Crippen LogP contribution >= 0.6 is 0 Å². The average molecular weight is 369 g/mol. The van der Waals surface area contributed by atoms with Gasteiger partial charge in [0, 0.05) is 59.9 Å². The molecule has 3 heterocycles. The number of nitrogens with zero attached hydrogens (tertiary/aromatic N) is 3. The van der Waals surface area contributed by atoms with Gasteiger partial charge in [-0.05, 0) is 36.6 Å². The Morgan fingerprint density at radius 3 is 2.57 bits per heavy atom. The maximum absolute atomic E-state index is 11.6. The van der Waals surface area contributed by atoms with Crippen molar-refractivity contribution in [2.45, 2.75) is 25.4 Å². The van der Waals surface area contributed by atoms with Crippen molar-refractivity contribution >= 4 is 28.1 Å². The molecule has 1 aliphatic rings. The zero-order valence-electron chi connectivity index (χ0n) is 15.8. The first-order chi connectivity index (χ1) is 13.8. The lowest BCUT2D eigenvalue weighted by Crippen LogP contribution is -2.34.